The van der Waals surface area contributed by atoms with Crippen molar-refractivity contribution in [3.63, 3.8) is 0 Å². The summed E-state index contributed by atoms with van der Waals surface area (Å²) in [4.78, 5) is 13.3. The number of ketones is 1. The smallest absolute Gasteiger partial charge is 0.241 e. The van der Waals surface area contributed by atoms with Gasteiger partial charge in [0.05, 0.1) is 16.9 Å². The van der Waals surface area contributed by atoms with Crippen LogP contribution in [0, 0.1) is 5.82 Å². The summed E-state index contributed by atoms with van der Waals surface area (Å²) in [6.45, 7) is 0.0115. The van der Waals surface area contributed by atoms with E-state index in [1.54, 1.807) is 23.6 Å². The molecule has 1 aromatic carbocycles. The third-order valence-corrected chi connectivity index (χ3v) is 6.70. The summed E-state index contributed by atoms with van der Waals surface area (Å²) in [5.41, 5.74) is 0.609. The highest BCUT2D eigenvalue weighted by Gasteiger charge is 2.18. The van der Waals surface area contributed by atoms with Crippen LogP contribution in [0.25, 0.3) is 0 Å². The third-order valence-electron chi connectivity index (χ3n) is 3.54. The van der Waals surface area contributed by atoms with Crippen LogP contribution in [0.4, 0.5) is 4.39 Å². The van der Waals surface area contributed by atoms with Crippen LogP contribution in [0.2, 0.25) is 0 Å². The molecule has 136 valence electrons. The van der Waals surface area contributed by atoms with Crippen molar-refractivity contribution in [1.29, 1.82) is 0 Å². The second-order valence-corrected chi connectivity index (χ2v) is 8.94. The molecule has 0 aliphatic carbocycles. The minimum atomic E-state index is -3.88. The fourth-order valence-electron chi connectivity index (χ4n) is 2.19. The van der Waals surface area contributed by atoms with Gasteiger partial charge >= 0.3 is 0 Å². The lowest BCUT2D eigenvalue weighted by atomic mass is 10.2. The number of nitrogens with one attached hydrogen (secondary N) is 1. The Morgan fingerprint density at radius 2 is 2.04 bits per heavy atom. The molecule has 0 bridgehead atoms. The van der Waals surface area contributed by atoms with Crippen molar-refractivity contribution in [3.8, 4) is 5.75 Å². The molecule has 0 radical (unpaired) electrons. The highest BCUT2D eigenvalue weighted by atomic mass is 32.2. The summed E-state index contributed by atoms with van der Waals surface area (Å²) in [5.74, 6) is -0.878. The predicted octanol–water partition coefficient (Wildman–Crippen LogP) is 3.67. The molecule has 0 aliphatic rings. The molecule has 0 spiro atoms. The summed E-state index contributed by atoms with van der Waals surface area (Å²) < 4.78 is 45.5. The van der Waals surface area contributed by atoms with Crippen LogP contribution in [0.1, 0.15) is 20.1 Å². The Morgan fingerprint density at radius 3 is 2.69 bits per heavy atom. The lowest BCUT2D eigenvalue weighted by Gasteiger charge is -2.07. The van der Waals surface area contributed by atoms with E-state index in [2.05, 4.69) is 4.72 Å². The number of hydrogen-bond donors (Lipinski definition) is 1. The fourth-order valence-corrected chi connectivity index (χ4v) is 4.85. The van der Waals surface area contributed by atoms with E-state index in [0.717, 1.165) is 6.07 Å². The van der Waals surface area contributed by atoms with Crippen LogP contribution in [-0.2, 0) is 16.6 Å². The maximum absolute atomic E-state index is 13.7. The van der Waals surface area contributed by atoms with Crippen molar-refractivity contribution in [1.82, 2.24) is 4.72 Å². The zero-order valence-corrected chi connectivity index (χ0v) is 16.0. The monoisotopic (exact) mass is 411 g/mol. The third kappa shape index (κ3) is 4.01. The number of methoxy groups -OCH3 is 1. The first-order chi connectivity index (χ1) is 12.4. The molecule has 0 saturated carbocycles. The van der Waals surface area contributed by atoms with E-state index < -0.39 is 15.8 Å². The zero-order chi connectivity index (χ0) is 18.7. The van der Waals surface area contributed by atoms with E-state index in [9.17, 15) is 17.6 Å². The van der Waals surface area contributed by atoms with Crippen molar-refractivity contribution < 1.29 is 22.3 Å². The number of thiophene rings is 2. The topological polar surface area (TPSA) is 72.5 Å². The molecule has 2 aromatic heterocycles. The maximum atomic E-state index is 13.7. The molecule has 0 saturated heterocycles. The molecule has 26 heavy (non-hydrogen) atoms. The molecule has 9 heteroatoms. The average molecular weight is 412 g/mol. The van der Waals surface area contributed by atoms with Crippen molar-refractivity contribution in [2.24, 2.45) is 0 Å². The Morgan fingerprint density at radius 1 is 1.23 bits per heavy atom. The lowest BCUT2D eigenvalue weighted by Crippen LogP contribution is -2.22. The van der Waals surface area contributed by atoms with Crippen molar-refractivity contribution in [3.05, 3.63) is 68.3 Å². The largest absolute Gasteiger partial charge is 0.494 e. The number of carbonyl (C=O) groups excluding carboxylic acids is 1. The van der Waals surface area contributed by atoms with Crippen LogP contribution in [0.3, 0.4) is 0 Å². The van der Waals surface area contributed by atoms with E-state index in [4.69, 9.17) is 4.74 Å². The number of halogens is 1. The van der Waals surface area contributed by atoms with Crippen molar-refractivity contribution in [2.75, 3.05) is 7.11 Å². The van der Waals surface area contributed by atoms with Crippen molar-refractivity contribution in [2.45, 2.75) is 11.4 Å². The summed E-state index contributed by atoms with van der Waals surface area (Å²) in [7, 11) is -2.58. The zero-order valence-electron chi connectivity index (χ0n) is 13.6. The van der Waals surface area contributed by atoms with Crippen LogP contribution < -0.4 is 9.46 Å². The highest BCUT2D eigenvalue weighted by molar-refractivity contribution is 7.89. The minimum absolute atomic E-state index is 0.0115. The van der Waals surface area contributed by atoms with E-state index >= 15 is 0 Å². The molecule has 0 unspecified atom stereocenters. The van der Waals surface area contributed by atoms with E-state index in [-0.39, 0.29) is 23.0 Å². The van der Waals surface area contributed by atoms with E-state index in [0.29, 0.717) is 15.3 Å². The van der Waals surface area contributed by atoms with Gasteiger partial charge in [0.2, 0.25) is 15.8 Å². The molecule has 1 N–H and O–H groups in total. The van der Waals surface area contributed by atoms with Gasteiger partial charge in [0, 0.05) is 22.4 Å². The molecule has 2 heterocycles. The van der Waals surface area contributed by atoms with Crippen LogP contribution >= 0.6 is 22.7 Å². The predicted molar refractivity (Wildman–Crippen MR) is 99.0 cm³/mol. The lowest BCUT2D eigenvalue weighted by molar-refractivity contribution is 0.104. The number of sulfonamides is 1. The van der Waals surface area contributed by atoms with Gasteiger partial charge in [-0.15, -0.1) is 11.3 Å². The Labute approximate surface area is 158 Å². The molecular weight excluding hydrogens is 397 g/mol. The average Bonchev–Trinajstić information content (AvgIpc) is 3.31. The normalized spacial score (nSPS) is 11.5. The fraction of sp³-hybridized carbons (Fsp3) is 0.118. The standard InChI is InChI=1S/C17H14FNO4S3/c1-23-15-4-3-13(8-14(15)18)26(21,22)19-9-12-2-5-16(25-12)17(20)11-6-7-24-10-11/h2-8,10,19H,9H2,1H3. The quantitative estimate of drug-likeness (QED) is 0.602. The van der Waals surface area contributed by atoms with Gasteiger partial charge in [0.1, 0.15) is 0 Å². The van der Waals surface area contributed by atoms with Gasteiger partial charge in [-0.2, -0.15) is 11.3 Å². The molecule has 0 atom stereocenters. The molecule has 0 fully saturated rings. The van der Waals surface area contributed by atoms with Crippen LogP contribution in [-0.4, -0.2) is 21.3 Å². The van der Waals surface area contributed by atoms with Gasteiger partial charge in [-0.25, -0.2) is 17.5 Å². The van der Waals surface area contributed by atoms with Gasteiger partial charge < -0.3 is 4.74 Å². The second-order valence-electron chi connectivity index (χ2n) is 5.23. The minimum Gasteiger partial charge on any atom is -0.494 e. The maximum Gasteiger partial charge on any atom is 0.241 e. The number of carbonyl (C=O) groups is 1. The van der Waals surface area contributed by atoms with E-state index in [1.807, 2.05) is 5.38 Å². The van der Waals surface area contributed by atoms with Gasteiger partial charge in [0.15, 0.2) is 11.6 Å². The first-order valence-corrected chi connectivity index (χ1v) is 10.6. The van der Waals surface area contributed by atoms with Crippen molar-refractivity contribution >= 4 is 38.5 Å². The first-order valence-electron chi connectivity index (χ1n) is 7.39. The van der Waals surface area contributed by atoms with Gasteiger partial charge in [-0.1, -0.05) is 0 Å². The van der Waals surface area contributed by atoms with Gasteiger partial charge in [-0.05, 0) is 41.8 Å². The molecular formula is C17H14FNO4S3. The second kappa shape index (κ2) is 7.67. The molecule has 3 aromatic rings. The van der Waals surface area contributed by atoms with Gasteiger partial charge in [-0.3, -0.25) is 4.79 Å². The summed E-state index contributed by atoms with van der Waals surface area (Å²) in [6, 6.07) is 8.54. The SMILES string of the molecule is COc1ccc(S(=O)(=O)NCc2ccc(C(=O)c3ccsc3)s2)cc1F. The molecule has 3 rings (SSSR count). The van der Waals surface area contributed by atoms with Gasteiger partial charge in [0.25, 0.3) is 0 Å². The Hall–Kier alpha value is -2.07. The summed E-state index contributed by atoms with van der Waals surface area (Å²) in [5, 5.41) is 3.59. The molecule has 0 amide bonds. The van der Waals surface area contributed by atoms with Crippen LogP contribution in [0.15, 0.2) is 52.1 Å². The highest BCUT2D eigenvalue weighted by Crippen LogP contribution is 2.23. The Kier molecular flexibility index (Phi) is 5.52. The molecule has 0 aliphatic heterocycles. The number of benzene rings is 1. The van der Waals surface area contributed by atoms with Crippen LogP contribution in [0.5, 0.6) is 5.75 Å². The summed E-state index contributed by atoms with van der Waals surface area (Å²) >= 11 is 2.66. The van der Waals surface area contributed by atoms with E-state index in [1.165, 1.54) is 41.9 Å². The molecule has 5 nitrogen and oxygen atoms in total. The summed E-state index contributed by atoms with van der Waals surface area (Å²) in [6.07, 6.45) is 0. The number of ether oxygens (including phenoxy) is 1. The Bertz CT molecular complexity index is 1030. The number of hydrogen-bond acceptors (Lipinski definition) is 6. The Balaban J connectivity index is 1.70. The first kappa shape index (κ1) is 18.7. The number of rotatable bonds is 7.